The molecule has 0 spiro atoms. The molecule has 1 aromatic carbocycles. The first-order chi connectivity index (χ1) is 14.4. The van der Waals surface area contributed by atoms with Gasteiger partial charge in [-0.1, -0.05) is 42.5 Å². The number of benzene rings is 1. The van der Waals surface area contributed by atoms with Crippen molar-refractivity contribution in [2.45, 2.75) is 55.3 Å². The molecule has 9 atom stereocenters. The van der Waals surface area contributed by atoms with E-state index in [4.69, 9.17) is 24.1 Å². The third-order valence-corrected chi connectivity index (χ3v) is 5.06. The average molecular weight is 428 g/mol. The van der Waals surface area contributed by atoms with Crippen molar-refractivity contribution in [3.05, 3.63) is 42.0 Å². The zero-order valence-electron chi connectivity index (χ0n) is 16.2. The Kier molecular flexibility index (Phi) is 8.31. The largest absolute Gasteiger partial charge is 0.394 e. The molecule has 2 saturated heterocycles. The fourth-order valence-corrected chi connectivity index (χ4v) is 3.28. The Morgan fingerprint density at radius 2 is 1.37 bits per heavy atom. The molecule has 3 rings (SSSR count). The van der Waals surface area contributed by atoms with Crippen LogP contribution in [-0.2, 0) is 18.9 Å². The van der Waals surface area contributed by atoms with E-state index in [0.29, 0.717) is 0 Å². The molecule has 10 nitrogen and oxygen atoms in total. The molecular weight excluding hydrogens is 400 g/mol. The van der Waals surface area contributed by atoms with Crippen LogP contribution in [0.3, 0.4) is 0 Å². The maximum Gasteiger partial charge on any atom is 0.187 e. The molecule has 10 heteroatoms. The summed E-state index contributed by atoms with van der Waals surface area (Å²) in [6.45, 7) is -0.739. The maximum absolute atomic E-state index is 10.2. The lowest BCUT2D eigenvalue weighted by atomic mass is 9.99. The van der Waals surface area contributed by atoms with Gasteiger partial charge >= 0.3 is 0 Å². The van der Waals surface area contributed by atoms with Crippen LogP contribution < -0.4 is 0 Å². The molecule has 0 aromatic heterocycles. The van der Waals surface area contributed by atoms with Gasteiger partial charge in [0.2, 0.25) is 0 Å². The Morgan fingerprint density at radius 1 is 0.767 bits per heavy atom. The molecule has 0 amide bonds. The third-order valence-electron chi connectivity index (χ3n) is 5.06. The highest BCUT2D eigenvalue weighted by Gasteiger charge is 2.47. The van der Waals surface area contributed by atoms with E-state index in [1.165, 1.54) is 0 Å². The molecule has 1 aromatic rings. The summed E-state index contributed by atoms with van der Waals surface area (Å²) >= 11 is 0. The van der Waals surface area contributed by atoms with Gasteiger partial charge in [-0.05, 0) is 5.56 Å². The van der Waals surface area contributed by atoms with E-state index in [2.05, 4.69) is 0 Å². The van der Waals surface area contributed by atoms with Gasteiger partial charge in [0.25, 0.3) is 0 Å². The minimum absolute atomic E-state index is 0.0852. The number of aliphatic hydroxyl groups is 6. The fraction of sp³-hybridized carbons (Fsp3) is 0.600. The van der Waals surface area contributed by atoms with Crippen LogP contribution in [0, 0.1) is 0 Å². The lowest BCUT2D eigenvalue weighted by Crippen LogP contribution is -2.59. The summed E-state index contributed by atoms with van der Waals surface area (Å²) in [5.41, 5.74) is 0.964. The molecule has 0 radical (unpaired) electrons. The molecule has 168 valence electrons. The van der Waals surface area contributed by atoms with Crippen molar-refractivity contribution >= 4 is 6.08 Å². The van der Waals surface area contributed by atoms with Gasteiger partial charge in [0.15, 0.2) is 12.6 Å². The van der Waals surface area contributed by atoms with Gasteiger partial charge in [-0.3, -0.25) is 0 Å². The van der Waals surface area contributed by atoms with Crippen LogP contribution in [0.2, 0.25) is 0 Å². The van der Waals surface area contributed by atoms with Gasteiger partial charge < -0.3 is 49.6 Å². The summed E-state index contributed by atoms with van der Waals surface area (Å²) in [7, 11) is 0. The van der Waals surface area contributed by atoms with E-state index in [1.807, 2.05) is 36.4 Å². The van der Waals surface area contributed by atoms with Gasteiger partial charge in [-0.25, -0.2) is 0 Å². The monoisotopic (exact) mass is 428 g/mol. The minimum atomic E-state index is -1.54. The Morgan fingerprint density at radius 3 is 2.03 bits per heavy atom. The quantitative estimate of drug-likeness (QED) is 0.273. The van der Waals surface area contributed by atoms with E-state index in [9.17, 15) is 25.5 Å². The van der Waals surface area contributed by atoms with Crippen LogP contribution in [0.5, 0.6) is 0 Å². The molecule has 0 unspecified atom stereocenters. The van der Waals surface area contributed by atoms with Crippen molar-refractivity contribution in [3.63, 3.8) is 0 Å². The third kappa shape index (κ3) is 5.42. The summed E-state index contributed by atoms with van der Waals surface area (Å²) in [6, 6.07) is 9.50. The van der Waals surface area contributed by atoms with Crippen LogP contribution >= 0.6 is 0 Å². The Labute approximate surface area is 173 Å². The molecule has 0 saturated carbocycles. The Hall–Kier alpha value is -1.44. The lowest BCUT2D eigenvalue weighted by Gasteiger charge is -2.40. The van der Waals surface area contributed by atoms with Crippen LogP contribution in [0.25, 0.3) is 6.08 Å². The first-order valence-corrected chi connectivity index (χ1v) is 9.69. The van der Waals surface area contributed by atoms with Crippen molar-refractivity contribution in [3.8, 4) is 0 Å². The summed E-state index contributed by atoms with van der Waals surface area (Å²) in [5, 5.41) is 59.1. The fourth-order valence-electron chi connectivity index (χ4n) is 3.28. The minimum Gasteiger partial charge on any atom is -0.394 e. The van der Waals surface area contributed by atoms with E-state index in [0.717, 1.165) is 5.56 Å². The predicted molar refractivity (Wildman–Crippen MR) is 102 cm³/mol. The number of rotatable bonds is 8. The molecule has 2 aliphatic rings. The summed E-state index contributed by atoms with van der Waals surface area (Å²) in [6.07, 6.45) is -8.23. The summed E-state index contributed by atoms with van der Waals surface area (Å²) in [5.74, 6) is 0. The summed E-state index contributed by atoms with van der Waals surface area (Å²) < 4.78 is 21.5. The highest BCUT2D eigenvalue weighted by molar-refractivity contribution is 5.48. The topological polar surface area (TPSA) is 158 Å². The average Bonchev–Trinajstić information content (AvgIpc) is 3.04. The van der Waals surface area contributed by atoms with Gasteiger partial charge in [0.1, 0.15) is 42.7 Å². The number of hydrogen-bond acceptors (Lipinski definition) is 10. The molecule has 0 aliphatic carbocycles. The second-order valence-electron chi connectivity index (χ2n) is 7.20. The van der Waals surface area contributed by atoms with Crippen molar-refractivity contribution < 1.29 is 49.6 Å². The molecule has 2 fully saturated rings. The van der Waals surface area contributed by atoms with Crippen LogP contribution in [0.1, 0.15) is 5.56 Å². The zero-order chi connectivity index (χ0) is 21.7. The molecule has 2 aliphatic heterocycles. The molecule has 30 heavy (non-hydrogen) atoms. The standard InChI is InChI=1S/C20H28O10/c21-9-12-14(22)17(25)20(29-12)28-10-13-15(23)16(24)18(26)19(30-13)27-8-4-7-11-5-2-1-3-6-11/h1-7,12-26H,8-10H2/b7-4-/t12-,13-,14-,15-,16+,17+,18-,19-,20-/m1/s1. The van der Waals surface area contributed by atoms with E-state index < -0.39 is 61.9 Å². The second kappa shape index (κ2) is 10.7. The van der Waals surface area contributed by atoms with Crippen molar-refractivity contribution in [2.75, 3.05) is 19.8 Å². The SMILES string of the molecule is OC[C@H]1O[C@@H](OC[C@H]2O[C@@H](OC/C=C\c3ccccc3)[C@H](O)[C@@H](O)[C@@H]2O)[C@@H](O)[C@@H]1O. The van der Waals surface area contributed by atoms with Crippen LogP contribution in [0.15, 0.2) is 36.4 Å². The van der Waals surface area contributed by atoms with Crippen molar-refractivity contribution in [2.24, 2.45) is 0 Å². The predicted octanol–water partition coefficient (Wildman–Crippen LogP) is -2.02. The normalized spacial score (nSPS) is 39.6. The number of aliphatic hydroxyl groups excluding tert-OH is 6. The van der Waals surface area contributed by atoms with E-state index in [1.54, 1.807) is 6.08 Å². The molecule has 6 N–H and O–H groups in total. The van der Waals surface area contributed by atoms with Crippen LogP contribution in [-0.4, -0.2) is 106 Å². The van der Waals surface area contributed by atoms with Gasteiger partial charge in [0.05, 0.1) is 19.8 Å². The highest BCUT2D eigenvalue weighted by Crippen LogP contribution is 2.26. The molecule has 0 bridgehead atoms. The highest BCUT2D eigenvalue weighted by atomic mass is 16.7. The first kappa shape index (κ1) is 23.2. The van der Waals surface area contributed by atoms with Crippen molar-refractivity contribution in [1.29, 1.82) is 0 Å². The van der Waals surface area contributed by atoms with Crippen molar-refractivity contribution in [1.82, 2.24) is 0 Å². The number of ether oxygens (including phenoxy) is 4. The smallest absolute Gasteiger partial charge is 0.187 e. The Balaban J connectivity index is 1.52. The van der Waals surface area contributed by atoms with Gasteiger partial charge in [0, 0.05) is 0 Å². The maximum atomic E-state index is 10.2. The van der Waals surface area contributed by atoms with E-state index in [-0.39, 0.29) is 13.2 Å². The molecule has 2 heterocycles. The zero-order valence-corrected chi connectivity index (χ0v) is 16.2. The lowest BCUT2D eigenvalue weighted by molar-refractivity contribution is -0.307. The molecular formula is C20H28O10. The number of hydrogen-bond donors (Lipinski definition) is 6. The summed E-state index contributed by atoms with van der Waals surface area (Å²) in [4.78, 5) is 0. The second-order valence-corrected chi connectivity index (χ2v) is 7.20. The Bertz CT molecular complexity index is 671. The van der Waals surface area contributed by atoms with Crippen LogP contribution in [0.4, 0.5) is 0 Å². The van der Waals surface area contributed by atoms with E-state index >= 15 is 0 Å². The van der Waals surface area contributed by atoms with Gasteiger partial charge in [-0.15, -0.1) is 0 Å². The first-order valence-electron chi connectivity index (χ1n) is 9.69. The van der Waals surface area contributed by atoms with Gasteiger partial charge in [-0.2, -0.15) is 0 Å².